The summed E-state index contributed by atoms with van der Waals surface area (Å²) in [5.74, 6) is -2.09. The predicted octanol–water partition coefficient (Wildman–Crippen LogP) is 7.89. The van der Waals surface area contributed by atoms with Crippen molar-refractivity contribution < 1.29 is 33.0 Å². The molecule has 0 spiro atoms. The molecule has 1 saturated carbocycles. The summed E-state index contributed by atoms with van der Waals surface area (Å²) < 4.78 is 31.7. The molecular formula is C40H46F3N3O4. The van der Waals surface area contributed by atoms with E-state index < -0.39 is 23.8 Å². The molecule has 0 heterocycles. The van der Waals surface area contributed by atoms with Crippen LogP contribution < -0.4 is 10.6 Å². The number of benzene rings is 4. The lowest BCUT2D eigenvalue weighted by molar-refractivity contribution is -0.192. The van der Waals surface area contributed by atoms with Crippen LogP contribution in [-0.2, 0) is 23.5 Å². The summed E-state index contributed by atoms with van der Waals surface area (Å²) in [5, 5.41) is 25.3. The van der Waals surface area contributed by atoms with Crippen LogP contribution in [0.1, 0.15) is 61.3 Å². The second-order valence-electron chi connectivity index (χ2n) is 12.8. The Morgan fingerprint density at radius 1 is 0.740 bits per heavy atom. The summed E-state index contributed by atoms with van der Waals surface area (Å²) in [5.41, 5.74) is 2.85. The van der Waals surface area contributed by atoms with Crippen LogP contribution in [0.5, 0.6) is 0 Å². The first-order valence-corrected chi connectivity index (χ1v) is 17.0. The molecule has 4 N–H and O–H groups in total. The highest BCUT2D eigenvalue weighted by Gasteiger charge is 2.39. The van der Waals surface area contributed by atoms with E-state index in [1.165, 1.54) is 11.1 Å². The van der Waals surface area contributed by atoms with Crippen molar-refractivity contribution in [2.24, 2.45) is 5.92 Å². The Labute approximate surface area is 292 Å². The molecule has 4 aromatic rings. The van der Waals surface area contributed by atoms with E-state index in [0.29, 0.717) is 5.92 Å². The minimum absolute atomic E-state index is 0.148. The Kier molecular flexibility index (Phi) is 14.0. The molecule has 266 valence electrons. The third-order valence-corrected chi connectivity index (χ3v) is 9.18. The monoisotopic (exact) mass is 689 g/mol. The van der Waals surface area contributed by atoms with Crippen molar-refractivity contribution in [3.8, 4) is 0 Å². The zero-order valence-electron chi connectivity index (χ0n) is 28.2. The van der Waals surface area contributed by atoms with Crippen LogP contribution in [0, 0.1) is 5.92 Å². The Morgan fingerprint density at radius 3 is 1.54 bits per heavy atom. The summed E-state index contributed by atoms with van der Waals surface area (Å²) in [6.07, 6.45) is 0.264. The summed E-state index contributed by atoms with van der Waals surface area (Å²) in [6.45, 7) is 4.82. The molecule has 1 aliphatic carbocycles. The molecule has 50 heavy (non-hydrogen) atoms. The third kappa shape index (κ3) is 11.5. The molecule has 0 radical (unpaired) electrons. The number of carbonyl (C=O) groups excluding carboxylic acids is 1. The van der Waals surface area contributed by atoms with Crippen LogP contribution in [0.2, 0.25) is 0 Å². The van der Waals surface area contributed by atoms with E-state index in [0.717, 1.165) is 62.9 Å². The SMILES string of the molecule is C[C@H](NC(=O)N[C@H]1CC[C@H](CCN(Cc2ccccc2)Cc2ccccc2)CC1)C(O)(c1ccccc1)c1ccccc1.O=C(O)C(F)(F)F. The van der Waals surface area contributed by atoms with Crippen molar-refractivity contribution in [1.29, 1.82) is 0 Å². The number of carbonyl (C=O) groups is 2. The van der Waals surface area contributed by atoms with Crippen molar-refractivity contribution in [2.75, 3.05) is 6.54 Å². The molecule has 10 heteroatoms. The number of aliphatic carboxylic acids is 1. The molecule has 7 nitrogen and oxygen atoms in total. The highest BCUT2D eigenvalue weighted by atomic mass is 19.4. The van der Waals surface area contributed by atoms with Gasteiger partial charge < -0.3 is 20.8 Å². The molecular weight excluding hydrogens is 643 g/mol. The summed E-state index contributed by atoms with van der Waals surface area (Å²) >= 11 is 0. The van der Waals surface area contributed by atoms with E-state index in [1.54, 1.807) is 0 Å². The molecule has 1 fully saturated rings. The van der Waals surface area contributed by atoms with Gasteiger partial charge in [0.15, 0.2) is 0 Å². The number of nitrogens with one attached hydrogen (secondary N) is 2. The van der Waals surface area contributed by atoms with Crippen molar-refractivity contribution in [3.63, 3.8) is 0 Å². The van der Waals surface area contributed by atoms with Crippen LogP contribution >= 0.6 is 0 Å². The van der Waals surface area contributed by atoms with E-state index in [2.05, 4.69) is 76.2 Å². The number of hydrogen-bond donors (Lipinski definition) is 4. The smallest absolute Gasteiger partial charge is 0.475 e. The molecule has 1 aliphatic rings. The summed E-state index contributed by atoms with van der Waals surface area (Å²) in [7, 11) is 0. The number of amides is 2. The van der Waals surface area contributed by atoms with Gasteiger partial charge in [0.2, 0.25) is 0 Å². The maximum atomic E-state index is 13.1. The fraction of sp³-hybridized carbons (Fsp3) is 0.350. The Balaban J connectivity index is 0.000000727. The molecule has 0 saturated heterocycles. The first-order valence-electron chi connectivity index (χ1n) is 17.0. The number of halogens is 3. The van der Waals surface area contributed by atoms with Crippen LogP contribution in [0.3, 0.4) is 0 Å². The van der Waals surface area contributed by atoms with Crippen molar-refractivity contribution >= 4 is 12.0 Å². The van der Waals surface area contributed by atoms with Crippen LogP contribution in [-0.4, -0.2) is 51.9 Å². The lowest BCUT2D eigenvalue weighted by Gasteiger charge is -2.36. The number of carboxylic acids is 1. The highest BCUT2D eigenvalue weighted by Crippen LogP contribution is 2.33. The zero-order valence-corrected chi connectivity index (χ0v) is 28.2. The normalized spacial score (nSPS) is 16.8. The highest BCUT2D eigenvalue weighted by molar-refractivity contribution is 5.75. The van der Waals surface area contributed by atoms with E-state index in [-0.39, 0.29) is 12.1 Å². The number of alkyl halides is 3. The number of hydrogen-bond acceptors (Lipinski definition) is 4. The maximum absolute atomic E-state index is 13.1. The average Bonchev–Trinajstić information content (AvgIpc) is 3.12. The topological polar surface area (TPSA) is 102 Å². The lowest BCUT2D eigenvalue weighted by atomic mass is 9.81. The van der Waals surface area contributed by atoms with Gasteiger partial charge in [-0.05, 0) is 73.7 Å². The Hall–Kier alpha value is -4.67. The van der Waals surface area contributed by atoms with Gasteiger partial charge >= 0.3 is 18.2 Å². The van der Waals surface area contributed by atoms with Gasteiger partial charge in [-0.15, -0.1) is 0 Å². The van der Waals surface area contributed by atoms with Gasteiger partial charge in [0.25, 0.3) is 0 Å². The van der Waals surface area contributed by atoms with E-state index in [4.69, 9.17) is 9.90 Å². The van der Waals surface area contributed by atoms with Gasteiger partial charge in [-0.25, -0.2) is 9.59 Å². The number of urea groups is 1. The number of rotatable bonds is 12. The molecule has 5 rings (SSSR count). The molecule has 2 amide bonds. The van der Waals surface area contributed by atoms with Crippen LogP contribution in [0.25, 0.3) is 0 Å². The summed E-state index contributed by atoms with van der Waals surface area (Å²) in [6, 6.07) is 40.0. The van der Waals surface area contributed by atoms with Gasteiger partial charge in [0.05, 0.1) is 6.04 Å². The molecule has 0 aliphatic heterocycles. The van der Waals surface area contributed by atoms with Crippen molar-refractivity contribution in [3.05, 3.63) is 144 Å². The second-order valence-corrected chi connectivity index (χ2v) is 12.8. The zero-order chi connectivity index (χ0) is 36.0. The standard InChI is InChI=1S/C38H45N3O2.C2HF3O2/c1-30(38(43,34-18-10-4-11-19-34)35-20-12-5-13-21-35)39-37(42)40-36-24-22-31(23-25-36)26-27-41(28-32-14-6-2-7-15-32)29-33-16-8-3-9-17-33;3-2(4,5)1(6)7/h2-21,30-31,36,43H,22-29H2,1H3,(H2,39,40,42);(H,6,7)/t30-,31-,36-;/m0./s1. The van der Waals surface area contributed by atoms with E-state index >= 15 is 0 Å². The van der Waals surface area contributed by atoms with E-state index in [1.807, 2.05) is 67.6 Å². The first-order chi connectivity index (χ1) is 23.9. The Morgan fingerprint density at radius 2 is 1.14 bits per heavy atom. The first kappa shape index (κ1) is 38.1. The quantitative estimate of drug-likeness (QED) is 0.121. The van der Waals surface area contributed by atoms with Gasteiger partial charge in [0, 0.05) is 19.1 Å². The second kappa shape index (κ2) is 18.4. The van der Waals surface area contributed by atoms with Gasteiger partial charge in [0.1, 0.15) is 5.60 Å². The minimum Gasteiger partial charge on any atom is -0.475 e. The fourth-order valence-corrected chi connectivity index (χ4v) is 6.44. The molecule has 0 bridgehead atoms. The van der Waals surface area contributed by atoms with Crippen LogP contribution in [0.15, 0.2) is 121 Å². The molecule has 0 unspecified atom stereocenters. The molecule has 1 atom stereocenters. The minimum atomic E-state index is -5.08. The number of carboxylic acid groups (broad SMARTS) is 1. The van der Waals surface area contributed by atoms with Crippen molar-refractivity contribution in [2.45, 2.75) is 76.0 Å². The Bertz CT molecular complexity index is 1500. The fourth-order valence-electron chi connectivity index (χ4n) is 6.44. The average molecular weight is 690 g/mol. The van der Waals surface area contributed by atoms with Gasteiger partial charge in [-0.2, -0.15) is 13.2 Å². The third-order valence-electron chi connectivity index (χ3n) is 9.18. The van der Waals surface area contributed by atoms with E-state index in [9.17, 15) is 23.1 Å². The maximum Gasteiger partial charge on any atom is 0.490 e. The molecule has 4 aromatic carbocycles. The largest absolute Gasteiger partial charge is 0.490 e. The van der Waals surface area contributed by atoms with Crippen molar-refractivity contribution in [1.82, 2.24) is 15.5 Å². The number of nitrogens with zero attached hydrogens (tertiary/aromatic N) is 1. The lowest BCUT2D eigenvalue weighted by Crippen LogP contribution is -2.54. The summed E-state index contributed by atoms with van der Waals surface area (Å²) in [4.78, 5) is 24.6. The predicted molar refractivity (Wildman–Crippen MR) is 188 cm³/mol. The number of aliphatic hydroxyl groups is 1. The molecule has 0 aromatic heterocycles. The van der Waals surface area contributed by atoms with Gasteiger partial charge in [-0.1, -0.05) is 121 Å². The van der Waals surface area contributed by atoms with Crippen LogP contribution in [0.4, 0.5) is 18.0 Å². The van der Waals surface area contributed by atoms with Gasteiger partial charge in [-0.3, -0.25) is 4.90 Å².